The van der Waals surface area contributed by atoms with Crippen LogP contribution in [0.3, 0.4) is 0 Å². The molecule has 0 unspecified atom stereocenters. The van der Waals surface area contributed by atoms with Crippen LogP contribution in [0.25, 0.3) is 55.2 Å². The maximum Gasteiger partial charge on any atom is 0.333 e. The number of fused-ring (bicyclic) bond motifs is 13. The molecule has 286 valence electrons. The molecular weight excluding hydrogens is 731 g/mol. The van der Waals surface area contributed by atoms with E-state index in [1.165, 1.54) is 88.5 Å². The van der Waals surface area contributed by atoms with Crippen molar-refractivity contribution in [1.29, 1.82) is 0 Å². The van der Waals surface area contributed by atoms with Crippen LogP contribution < -0.4 is 25.3 Å². The maximum absolute atomic E-state index is 6.78. The van der Waals surface area contributed by atoms with E-state index in [1.54, 1.807) is 0 Å². The lowest BCUT2D eigenvalue weighted by Crippen LogP contribution is -2.57. The molecule has 5 heteroatoms. The summed E-state index contributed by atoms with van der Waals surface area (Å²) < 4.78 is 16.3. The van der Waals surface area contributed by atoms with Crippen molar-refractivity contribution in [3.63, 3.8) is 0 Å². The van der Waals surface area contributed by atoms with Crippen LogP contribution in [0.4, 0.5) is 17.1 Å². The van der Waals surface area contributed by atoms with Crippen molar-refractivity contribution >= 4 is 56.5 Å². The fraction of sp³-hybridized carbons (Fsp3) is 0.127. The van der Waals surface area contributed by atoms with Crippen molar-refractivity contribution in [2.45, 2.75) is 45.4 Å². The van der Waals surface area contributed by atoms with Gasteiger partial charge in [0, 0.05) is 55.8 Å². The Hall–Kier alpha value is -6.98. The summed E-state index contributed by atoms with van der Waals surface area (Å²) in [6, 6.07) is 58.0. The number of benzene rings is 8. The molecule has 4 heterocycles. The highest BCUT2D eigenvalue weighted by molar-refractivity contribution is 6.90. The molecule has 1 aromatic heterocycles. The smallest absolute Gasteiger partial charge is 0.333 e. The van der Waals surface area contributed by atoms with Crippen molar-refractivity contribution in [2.75, 3.05) is 4.90 Å². The molecule has 60 heavy (non-hydrogen) atoms. The minimum absolute atomic E-state index is 0.0445. The standard InChI is InChI=1S/C55H41BN2O2/c1-54(2,3)34-26-27-43(39(29-34)32-16-7-6-8-17-32)57-44-31-48-47(59-45-24-13-14-25-46(45)60-48)30-42(44)56-50-40(28-33-18-9-10-19-35(33)53(50)57)36-21-15-22-38-49-52(58(56)51(36)38)37-20-11-12-23-41(37)55(49,4)5/h6-31H,1-5H3. The summed E-state index contributed by atoms with van der Waals surface area (Å²) in [7, 11) is 0. The Morgan fingerprint density at radius 2 is 1.23 bits per heavy atom. The zero-order chi connectivity index (χ0) is 40.2. The Morgan fingerprint density at radius 3 is 2.03 bits per heavy atom. The monoisotopic (exact) mass is 772 g/mol. The Bertz CT molecular complexity index is 3350. The second kappa shape index (κ2) is 11.6. The van der Waals surface area contributed by atoms with Crippen molar-refractivity contribution < 1.29 is 9.47 Å². The molecule has 0 radical (unpaired) electrons. The van der Waals surface area contributed by atoms with E-state index >= 15 is 0 Å². The fourth-order valence-corrected chi connectivity index (χ4v) is 11.0. The minimum Gasteiger partial charge on any atom is -0.450 e. The van der Waals surface area contributed by atoms with Gasteiger partial charge in [-0.15, -0.1) is 0 Å². The third kappa shape index (κ3) is 4.37. The third-order valence-corrected chi connectivity index (χ3v) is 13.7. The summed E-state index contributed by atoms with van der Waals surface area (Å²) in [6.07, 6.45) is 0. The molecule has 0 saturated heterocycles. The van der Waals surface area contributed by atoms with Gasteiger partial charge in [0.2, 0.25) is 0 Å². The van der Waals surface area contributed by atoms with Crippen molar-refractivity contribution in [2.24, 2.45) is 0 Å². The highest BCUT2D eigenvalue weighted by Gasteiger charge is 2.49. The second-order valence-corrected chi connectivity index (χ2v) is 18.5. The summed E-state index contributed by atoms with van der Waals surface area (Å²) in [5.74, 6) is 2.88. The van der Waals surface area contributed by atoms with Crippen molar-refractivity contribution in [1.82, 2.24) is 4.48 Å². The number of nitrogens with zero attached hydrogens (tertiary/aromatic N) is 2. The lowest BCUT2D eigenvalue weighted by molar-refractivity contribution is 0.360. The van der Waals surface area contributed by atoms with Gasteiger partial charge < -0.3 is 18.9 Å². The van der Waals surface area contributed by atoms with E-state index in [0.29, 0.717) is 5.75 Å². The topological polar surface area (TPSA) is 26.6 Å². The van der Waals surface area contributed by atoms with E-state index < -0.39 is 0 Å². The second-order valence-electron chi connectivity index (χ2n) is 18.5. The zero-order valence-corrected chi connectivity index (χ0v) is 34.3. The van der Waals surface area contributed by atoms with Gasteiger partial charge in [-0.2, -0.15) is 0 Å². The van der Waals surface area contributed by atoms with Gasteiger partial charge in [-0.05, 0) is 85.9 Å². The van der Waals surface area contributed by atoms with Crippen molar-refractivity contribution in [3.8, 4) is 56.5 Å². The fourth-order valence-electron chi connectivity index (χ4n) is 11.0. The Kier molecular flexibility index (Phi) is 6.57. The van der Waals surface area contributed by atoms with E-state index in [0.717, 1.165) is 28.6 Å². The van der Waals surface area contributed by atoms with E-state index in [9.17, 15) is 0 Å². The lowest BCUT2D eigenvalue weighted by Gasteiger charge is -2.42. The van der Waals surface area contributed by atoms with Gasteiger partial charge in [-0.3, -0.25) is 0 Å². The number of anilines is 3. The van der Waals surface area contributed by atoms with Gasteiger partial charge in [-0.1, -0.05) is 150 Å². The van der Waals surface area contributed by atoms with Crippen LogP contribution in [-0.4, -0.2) is 11.3 Å². The van der Waals surface area contributed by atoms with E-state index in [1.807, 2.05) is 24.3 Å². The SMILES string of the molecule is CC(C)(C)c1ccc(N2c3cc4c(cc3B3c5c(cc6ccccc6c52)-c2cccc5c6c(n3c25)-c2ccccc2C6(C)C)Oc2ccccc2O4)c(-c2ccccc2)c1. The zero-order valence-electron chi connectivity index (χ0n) is 34.3. The van der Waals surface area contributed by atoms with Crippen LogP contribution in [0.2, 0.25) is 0 Å². The number of ether oxygens (including phenoxy) is 2. The largest absolute Gasteiger partial charge is 0.450 e. The minimum atomic E-state index is -0.183. The number of rotatable bonds is 2. The van der Waals surface area contributed by atoms with Gasteiger partial charge in [0.15, 0.2) is 23.0 Å². The molecule has 0 spiro atoms. The Labute approximate surface area is 350 Å². The average Bonchev–Trinajstić information content (AvgIpc) is 3.74. The predicted molar refractivity (Wildman–Crippen MR) is 248 cm³/mol. The number of hydrogen-bond donors (Lipinski definition) is 0. The summed E-state index contributed by atoms with van der Waals surface area (Å²) in [4.78, 5) is 2.55. The van der Waals surface area contributed by atoms with Crippen LogP contribution in [0.5, 0.6) is 23.0 Å². The molecule has 0 amide bonds. The molecular formula is C55H41BN2O2. The summed E-state index contributed by atoms with van der Waals surface area (Å²) >= 11 is 0. The lowest BCUT2D eigenvalue weighted by atomic mass is 9.44. The molecule has 4 aliphatic rings. The highest BCUT2D eigenvalue weighted by Crippen LogP contribution is 2.58. The first kappa shape index (κ1) is 33.9. The van der Waals surface area contributed by atoms with Gasteiger partial charge >= 0.3 is 6.85 Å². The summed E-state index contributed by atoms with van der Waals surface area (Å²) in [5, 5.41) is 3.75. The van der Waals surface area contributed by atoms with Crippen LogP contribution in [-0.2, 0) is 10.8 Å². The summed E-state index contributed by atoms with van der Waals surface area (Å²) in [5.41, 5.74) is 18.6. The first-order valence-corrected chi connectivity index (χ1v) is 21.1. The van der Waals surface area contributed by atoms with Gasteiger partial charge in [-0.25, -0.2) is 0 Å². The molecule has 0 fully saturated rings. The van der Waals surface area contributed by atoms with E-state index in [2.05, 4.69) is 177 Å². The number of para-hydroxylation sites is 3. The van der Waals surface area contributed by atoms with Gasteiger partial charge in [0.05, 0.1) is 11.4 Å². The molecule has 9 aromatic rings. The molecule has 4 nitrogen and oxygen atoms in total. The van der Waals surface area contributed by atoms with Gasteiger partial charge in [0.1, 0.15) is 0 Å². The van der Waals surface area contributed by atoms with E-state index in [4.69, 9.17) is 9.47 Å². The predicted octanol–water partition coefficient (Wildman–Crippen LogP) is 13.4. The number of hydrogen-bond acceptors (Lipinski definition) is 3. The molecule has 0 atom stereocenters. The van der Waals surface area contributed by atoms with E-state index in [-0.39, 0.29) is 17.7 Å². The quantitative estimate of drug-likeness (QED) is 0.164. The molecule has 0 bridgehead atoms. The molecule has 0 N–H and O–H groups in total. The normalized spacial score (nSPS) is 14.8. The highest BCUT2D eigenvalue weighted by atomic mass is 16.6. The van der Waals surface area contributed by atoms with Crippen LogP contribution in [0.15, 0.2) is 158 Å². The molecule has 13 rings (SSSR count). The number of aromatic nitrogens is 1. The third-order valence-electron chi connectivity index (χ3n) is 13.7. The van der Waals surface area contributed by atoms with Gasteiger partial charge in [0.25, 0.3) is 0 Å². The molecule has 0 saturated carbocycles. The maximum atomic E-state index is 6.78. The first-order valence-electron chi connectivity index (χ1n) is 21.1. The molecule has 3 aliphatic heterocycles. The molecule has 1 aliphatic carbocycles. The van der Waals surface area contributed by atoms with Crippen LogP contribution in [0.1, 0.15) is 51.3 Å². The first-order chi connectivity index (χ1) is 29.2. The Balaban J connectivity index is 1.21. The van der Waals surface area contributed by atoms with Crippen LogP contribution in [0, 0.1) is 0 Å². The van der Waals surface area contributed by atoms with Crippen molar-refractivity contribution in [3.05, 3.63) is 174 Å². The molecule has 8 aromatic carbocycles. The van der Waals surface area contributed by atoms with Crippen LogP contribution >= 0.6 is 0 Å². The summed E-state index contributed by atoms with van der Waals surface area (Å²) in [6.45, 7) is 11.5. The Morgan fingerprint density at radius 1 is 0.550 bits per heavy atom. The average molecular weight is 773 g/mol.